The fourth-order valence-corrected chi connectivity index (χ4v) is 1.75. The Balaban J connectivity index is 2.25. The molecule has 0 spiro atoms. The topological polar surface area (TPSA) is 115 Å². The number of ether oxygens (including phenoxy) is 1. The van der Waals surface area contributed by atoms with Crippen molar-refractivity contribution >= 4 is 17.7 Å². The lowest BCUT2D eigenvalue weighted by Gasteiger charge is -2.08. The van der Waals surface area contributed by atoms with Gasteiger partial charge in [0.25, 0.3) is 5.91 Å². The van der Waals surface area contributed by atoms with Crippen LogP contribution in [-0.2, 0) is 0 Å². The van der Waals surface area contributed by atoms with Crippen LogP contribution >= 0.6 is 0 Å². The third kappa shape index (κ3) is 3.63. The van der Waals surface area contributed by atoms with Gasteiger partial charge < -0.3 is 10.2 Å². The Hall–Kier alpha value is -2.74. The zero-order valence-electron chi connectivity index (χ0n) is 12.0. The molecule has 0 atom stereocenters. The van der Waals surface area contributed by atoms with Gasteiger partial charge in [-0.25, -0.2) is 15.8 Å². The van der Waals surface area contributed by atoms with Gasteiger partial charge >= 0.3 is 0 Å². The smallest absolute Gasteiger partial charge is 0.258 e. The van der Waals surface area contributed by atoms with Crippen molar-refractivity contribution in [1.29, 1.82) is 0 Å². The second-order valence-electron chi connectivity index (χ2n) is 4.36. The van der Waals surface area contributed by atoms with Crippen LogP contribution in [0.1, 0.15) is 21.7 Å². The van der Waals surface area contributed by atoms with Crippen LogP contribution < -0.4 is 21.3 Å². The van der Waals surface area contributed by atoms with Crippen molar-refractivity contribution in [1.82, 2.24) is 15.0 Å². The molecule has 0 aromatic carbocycles. The highest BCUT2D eigenvalue weighted by Gasteiger charge is 2.11. The highest BCUT2D eigenvalue weighted by atomic mass is 16.5. The summed E-state index contributed by atoms with van der Waals surface area (Å²) in [6, 6.07) is 4.85. The number of hydrogen-bond donors (Lipinski definition) is 3. The number of hydrazine groups is 1. The number of carbonyl (C=O) groups excluding carboxylic acids is 1. The van der Waals surface area contributed by atoms with Gasteiger partial charge in [-0.3, -0.25) is 10.1 Å². The number of hydrogen-bond acceptors (Lipinski definition) is 7. The fraction of sp³-hybridized carbons (Fsp3) is 0.231. The van der Waals surface area contributed by atoms with Crippen LogP contribution in [0.15, 0.2) is 18.2 Å². The van der Waals surface area contributed by atoms with Gasteiger partial charge in [0, 0.05) is 23.0 Å². The van der Waals surface area contributed by atoms with Gasteiger partial charge in [0.2, 0.25) is 11.8 Å². The average molecular weight is 288 g/mol. The molecule has 0 aliphatic carbocycles. The van der Waals surface area contributed by atoms with Crippen molar-refractivity contribution in [3.63, 3.8) is 0 Å². The first-order chi connectivity index (χ1) is 10.0. The molecule has 8 heteroatoms. The third-order valence-corrected chi connectivity index (χ3v) is 2.63. The molecule has 4 N–H and O–H groups in total. The van der Waals surface area contributed by atoms with Gasteiger partial charge in [-0.15, -0.1) is 0 Å². The van der Waals surface area contributed by atoms with Gasteiger partial charge in [0.05, 0.1) is 7.11 Å². The molecule has 2 aromatic heterocycles. The van der Waals surface area contributed by atoms with E-state index in [0.717, 1.165) is 0 Å². The summed E-state index contributed by atoms with van der Waals surface area (Å²) in [5.41, 5.74) is 4.17. The largest absolute Gasteiger partial charge is 0.481 e. The third-order valence-electron chi connectivity index (χ3n) is 2.63. The minimum atomic E-state index is -0.357. The SMILES string of the molecule is COc1cc(C)nc(NC(=O)c2cc(C)nc(NN)c2)n1. The first-order valence-electron chi connectivity index (χ1n) is 6.18. The lowest BCUT2D eigenvalue weighted by molar-refractivity contribution is 0.102. The quantitative estimate of drug-likeness (QED) is 0.568. The maximum Gasteiger partial charge on any atom is 0.258 e. The summed E-state index contributed by atoms with van der Waals surface area (Å²) in [4.78, 5) is 24.5. The molecule has 0 aliphatic heterocycles. The first kappa shape index (κ1) is 14.7. The summed E-state index contributed by atoms with van der Waals surface area (Å²) in [6.45, 7) is 3.55. The molecule has 2 rings (SSSR count). The maximum absolute atomic E-state index is 12.2. The summed E-state index contributed by atoms with van der Waals surface area (Å²) in [7, 11) is 1.50. The number of nitrogens with zero attached hydrogens (tertiary/aromatic N) is 3. The molecule has 21 heavy (non-hydrogen) atoms. The molecule has 0 aliphatic rings. The van der Waals surface area contributed by atoms with Crippen molar-refractivity contribution in [3.05, 3.63) is 35.2 Å². The molecule has 0 bridgehead atoms. The minimum absolute atomic E-state index is 0.175. The first-order valence-corrected chi connectivity index (χ1v) is 6.18. The molecule has 0 saturated heterocycles. The van der Waals surface area contributed by atoms with Crippen molar-refractivity contribution in [2.45, 2.75) is 13.8 Å². The molecular formula is C13H16N6O2. The molecule has 0 radical (unpaired) electrons. The Morgan fingerprint density at radius 3 is 2.52 bits per heavy atom. The molecule has 2 heterocycles. The van der Waals surface area contributed by atoms with E-state index in [2.05, 4.69) is 25.7 Å². The number of methoxy groups -OCH3 is 1. The molecule has 1 amide bonds. The molecule has 8 nitrogen and oxygen atoms in total. The molecule has 0 unspecified atom stereocenters. The molecule has 0 fully saturated rings. The second kappa shape index (κ2) is 6.14. The number of nitrogens with two attached hydrogens (primary N) is 1. The minimum Gasteiger partial charge on any atom is -0.481 e. The zero-order chi connectivity index (χ0) is 15.4. The molecule has 110 valence electrons. The van der Waals surface area contributed by atoms with E-state index in [1.807, 2.05) is 0 Å². The summed E-state index contributed by atoms with van der Waals surface area (Å²) >= 11 is 0. The highest BCUT2D eigenvalue weighted by molar-refractivity contribution is 6.03. The monoisotopic (exact) mass is 288 g/mol. The summed E-state index contributed by atoms with van der Waals surface area (Å²) in [5.74, 6) is 5.92. The van der Waals surface area contributed by atoms with Gasteiger partial charge in [0.1, 0.15) is 5.82 Å². The van der Waals surface area contributed by atoms with E-state index in [1.165, 1.54) is 13.2 Å². The number of nitrogen functional groups attached to an aromatic ring is 1. The van der Waals surface area contributed by atoms with E-state index in [4.69, 9.17) is 10.6 Å². The van der Waals surface area contributed by atoms with Crippen LogP contribution in [-0.4, -0.2) is 28.0 Å². The number of anilines is 2. The zero-order valence-corrected chi connectivity index (χ0v) is 12.0. The highest BCUT2D eigenvalue weighted by Crippen LogP contribution is 2.14. The number of carbonyl (C=O) groups is 1. The van der Waals surface area contributed by atoms with Crippen molar-refractivity contribution in [2.24, 2.45) is 5.84 Å². The number of amides is 1. The molecule has 2 aromatic rings. The maximum atomic E-state index is 12.2. The van der Waals surface area contributed by atoms with Crippen molar-refractivity contribution < 1.29 is 9.53 Å². The van der Waals surface area contributed by atoms with Gasteiger partial charge in [0.15, 0.2) is 0 Å². The van der Waals surface area contributed by atoms with E-state index >= 15 is 0 Å². The van der Waals surface area contributed by atoms with Crippen LogP contribution in [0.2, 0.25) is 0 Å². The number of rotatable bonds is 4. The van der Waals surface area contributed by atoms with E-state index in [-0.39, 0.29) is 11.9 Å². The van der Waals surface area contributed by atoms with Crippen molar-refractivity contribution in [2.75, 3.05) is 17.9 Å². The van der Waals surface area contributed by atoms with E-state index in [1.54, 1.807) is 26.0 Å². The number of nitrogens with one attached hydrogen (secondary N) is 2. The lowest BCUT2D eigenvalue weighted by atomic mass is 10.2. The second-order valence-corrected chi connectivity index (χ2v) is 4.36. The predicted molar refractivity (Wildman–Crippen MR) is 78.1 cm³/mol. The van der Waals surface area contributed by atoms with Gasteiger partial charge in [-0.1, -0.05) is 0 Å². The molecule has 0 saturated carbocycles. The Morgan fingerprint density at radius 2 is 1.86 bits per heavy atom. The van der Waals surface area contributed by atoms with Gasteiger partial charge in [-0.2, -0.15) is 4.98 Å². The Kier molecular flexibility index (Phi) is 4.29. The summed E-state index contributed by atoms with van der Waals surface area (Å²) in [5, 5.41) is 2.61. The Labute approximate surface area is 121 Å². The van der Waals surface area contributed by atoms with E-state index in [9.17, 15) is 4.79 Å². The van der Waals surface area contributed by atoms with Crippen LogP contribution in [0, 0.1) is 13.8 Å². The normalized spacial score (nSPS) is 10.1. The van der Waals surface area contributed by atoms with E-state index in [0.29, 0.717) is 28.6 Å². The molecular weight excluding hydrogens is 272 g/mol. The van der Waals surface area contributed by atoms with Crippen LogP contribution in [0.5, 0.6) is 5.88 Å². The number of pyridine rings is 1. The Morgan fingerprint density at radius 1 is 1.14 bits per heavy atom. The van der Waals surface area contributed by atoms with Crippen LogP contribution in [0.25, 0.3) is 0 Å². The summed E-state index contributed by atoms with van der Waals surface area (Å²) in [6.07, 6.45) is 0. The van der Waals surface area contributed by atoms with Crippen LogP contribution in [0.4, 0.5) is 11.8 Å². The summed E-state index contributed by atoms with van der Waals surface area (Å²) < 4.78 is 5.04. The number of aryl methyl sites for hydroxylation is 2. The van der Waals surface area contributed by atoms with Crippen molar-refractivity contribution in [3.8, 4) is 5.88 Å². The Bertz CT molecular complexity index is 674. The fourth-order valence-electron chi connectivity index (χ4n) is 1.75. The number of aromatic nitrogens is 3. The van der Waals surface area contributed by atoms with Crippen LogP contribution in [0.3, 0.4) is 0 Å². The van der Waals surface area contributed by atoms with E-state index < -0.39 is 0 Å². The predicted octanol–water partition coefficient (Wildman–Crippen LogP) is 1.03. The lowest BCUT2D eigenvalue weighted by Crippen LogP contribution is -2.17. The standard InChI is InChI=1S/C13H16N6O2/c1-7-4-9(6-10(15-7)19-14)12(20)18-13-16-8(2)5-11(17-13)21-3/h4-6H,14H2,1-3H3,(H,15,19)(H,16,17,18,20). The average Bonchev–Trinajstić information content (AvgIpc) is 2.45. The van der Waals surface area contributed by atoms with Gasteiger partial charge in [-0.05, 0) is 26.0 Å².